The Balaban J connectivity index is 1.42. The minimum atomic E-state index is -1.14. The number of nitrogens with one attached hydrogen (secondary N) is 2. The molecule has 0 spiro atoms. The zero-order chi connectivity index (χ0) is 24.8. The third kappa shape index (κ3) is 5.54. The van der Waals surface area contributed by atoms with Crippen LogP contribution in [0.4, 0.5) is 4.79 Å². The van der Waals surface area contributed by atoms with Crippen molar-refractivity contribution in [1.29, 1.82) is 0 Å². The molecule has 4 rings (SSSR count). The van der Waals surface area contributed by atoms with E-state index < -0.39 is 29.6 Å². The lowest BCUT2D eigenvalue weighted by Gasteiger charge is -2.37. The van der Waals surface area contributed by atoms with Crippen LogP contribution < -0.4 is 10.6 Å². The molecule has 1 aliphatic heterocycles. The normalized spacial score (nSPS) is 16.9. The molecule has 2 aliphatic rings. The molecule has 8 nitrogen and oxygen atoms in total. The molecule has 2 amide bonds. The molecule has 0 radical (unpaired) electrons. The van der Waals surface area contributed by atoms with Crippen LogP contribution in [-0.2, 0) is 19.1 Å². The standard InChI is InChI=1S/C27H30N2O6/c1-2-7-23(25(31)32)28-24(30)16-27(12-14-34-15-13-27)29-26(33)35-17-22-20-10-5-3-8-18(20)19-9-4-6-11-21(19)22/h2-6,8-11,22-23H,1,7,12-17H2,(H,28,30)(H,29,33)(H,31,32). The quantitative estimate of drug-likeness (QED) is 0.475. The number of carboxylic acid groups (broad SMARTS) is 1. The van der Waals surface area contributed by atoms with Gasteiger partial charge in [0.05, 0.1) is 12.0 Å². The molecule has 1 atom stereocenters. The van der Waals surface area contributed by atoms with E-state index in [1.165, 1.54) is 6.08 Å². The van der Waals surface area contributed by atoms with Crippen molar-refractivity contribution in [3.63, 3.8) is 0 Å². The number of amides is 2. The van der Waals surface area contributed by atoms with E-state index in [0.717, 1.165) is 22.3 Å². The molecular formula is C27H30N2O6. The second-order valence-corrected chi connectivity index (χ2v) is 9.00. The molecule has 8 heteroatoms. The van der Waals surface area contributed by atoms with E-state index in [4.69, 9.17) is 9.47 Å². The van der Waals surface area contributed by atoms with Crippen molar-refractivity contribution < 1.29 is 29.0 Å². The number of rotatable bonds is 9. The Bertz CT molecular complexity index is 1060. The van der Waals surface area contributed by atoms with E-state index in [-0.39, 0.29) is 25.4 Å². The minimum Gasteiger partial charge on any atom is -0.480 e. The molecule has 1 aliphatic carbocycles. The van der Waals surface area contributed by atoms with Crippen LogP contribution in [0, 0.1) is 0 Å². The van der Waals surface area contributed by atoms with Gasteiger partial charge in [-0.3, -0.25) is 4.79 Å². The highest BCUT2D eigenvalue weighted by molar-refractivity contribution is 5.85. The summed E-state index contributed by atoms with van der Waals surface area (Å²) in [7, 11) is 0. The molecule has 1 saturated heterocycles. The highest BCUT2D eigenvalue weighted by Crippen LogP contribution is 2.44. The monoisotopic (exact) mass is 478 g/mol. The Hall–Kier alpha value is -3.65. The van der Waals surface area contributed by atoms with Crippen LogP contribution in [0.1, 0.15) is 42.7 Å². The van der Waals surface area contributed by atoms with Gasteiger partial charge in [0.15, 0.2) is 0 Å². The second kappa shape index (κ2) is 10.7. The molecule has 0 bridgehead atoms. The van der Waals surface area contributed by atoms with E-state index >= 15 is 0 Å². The number of benzene rings is 2. The number of hydrogen-bond donors (Lipinski definition) is 3. The van der Waals surface area contributed by atoms with Gasteiger partial charge in [0.1, 0.15) is 12.6 Å². The average Bonchev–Trinajstić information content (AvgIpc) is 3.16. The molecule has 2 aromatic rings. The number of carbonyl (C=O) groups is 3. The Morgan fingerprint density at radius 1 is 1.09 bits per heavy atom. The molecule has 1 fully saturated rings. The predicted molar refractivity (Wildman–Crippen MR) is 130 cm³/mol. The first-order valence-electron chi connectivity index (χ1n) is 11.8. The molecule has 1 heterocycles. The zero-order valence-electron chi connectivity index (χ0n) is 19.5. The lowest BCUT2D eigenvalue weighted by atomic mass is 9.86. The predicted octanol–water partition coefficient (Wildman–Crippen LogP) is 3.61. The smallest absolute Gasteiger partial charge is 0.407 e. The summed E-state index contributed by atoms with van der Waals surface area (Å²) in [5.41, 5.74) is 3.64. The molecule has 3 N–H and O–H groups in total. The Morgan fingerprint density at radius 3 is 2.26 bits per heavy atom. The van der Waals surface area contributed by atoms with Crippen molar-refractivity contribution >= 4 is 18.0 Å². The highest BCUT2D eigenvalue weighted by Gasteiger charge is 2.38. The topological polar surface area (TPSA) is 114 Å². The van der Waals surface area contributed by atoms with E-state index in [1.54, 1.807) is 0 Å². The first kappa shape index (κ1) is 24.5. The van der Waals surface area contributed by atoms with Crippen LogP contribution in [0.2, 0.25) is 0 Å². The minimum absolute atomic E-state index is 0.0680. The van der Waals surface area contributed by atoms with Gasteiger partial charge in [-0.05, 0) is 41.5 Å². The summed E-state index contributed by atoms with van der Waals surface area (Å²) in [5.74, 6) is -1.67. The lowest BCUT2D eigenvalue weighted by Crippen LogP contribution is -2.55. The van der Waals surface area contributed by atoms with Gasteiger partial charge < -0.3 is 25.2 Å². The fourth-order valence-corrected chi connectivity index (χ4v) is 4.90. The summed E-state index contributed by atoms with van der Waals surface area (Å²) in [4.78, 5) is 37.0. The van der Waals surface area contributed by atoms with Crippen LogP contribution >= 0.6 is 0 Å². The number of alkyl carbamates (subject to hydrolysis) is 1. The van der Waals surface area contributed by atoms with Crippen molar-refractivity contribution in [1.82, 2.24) is 10.6 Å². The van der Waals surface area contributed by atoms with Crippen LogP contribution in [0.3, 0.4) is 0 Å². The van der Waals surface area contributed by atoms with Crippen molar-refractivity contribution in [2.45, 2.75) is 43.2 Å². The largest absolute Gasteiger partial charge is 0.480 e. The number of fused-ring (bicyclic) bond motifs is 3. The number of ether oxygens (including phenoxy) is 2. The van der Waals surface area contributed by atoms with Gasteiger partial charge in [-0.1, -0.05) is 54.6 Å². The molecule has 1 unspecified atom stereocenters. The van der Waals surface area contributed by atoms with Gasteiger partial charge in [0.25, 0.3) is 0 Å². The summed E-state index contributed by atoms with van der Waals surface area (Å²) in [6, 6.07) is 15.1. The Morgan fingerprint density at radius 2 is 1.69 bits per heavy atom. The van der Waals surface area contributed by atoms with Gasteiger partial charge in [0.2, 0.25) is 5.91 Å². The molecule has 35 heavy (non-hydrogen) atoms. The van der Waals surface area contributed by atoms with E-state index in [0.29, 0.717) is 26.1 Å². The third-order valence-corrected chi connectivity index (χ3v) is 6.70. The van der Waals surface area contributed by atoms with Crippen molar-refractivity contribution in [2.75, 3.05) is 19.8 Å². The summed E-state index contributed by atoms with van der Waals surface area (Å²) >= 11 is 0. The maximum absolute atomic E-state index is 12.9. The Kier molecular flexibility index (Phi) is 7.51. The fraction of sp³-hybridized carbons (Fsp3) is 0.370. The van der Waals surface area contributed by atoms with Gasteiger partial charge in [-0.2, -0.15) is 0 Å². The SMILES string of the molecule is C=CCC(NC(=O)CC1(NC(=O)OCC2c3ccccc3-c3ccccc32)CCOCC1)C(=O)O. The summed E-state index contributed by atoms with van der Waals surface area (Å²) in [5, 5.41) is 14.7. The van der Waals surface area contributed by atoms with Gasteiger partial charge in [0, 0.05) is 19.1 Å². The van der Waals surface area contributed by atoms with Crippen LogP contribution in [0.15, 0.2) is 61.2 Å². The second-order valence-electron chi connectivity index (χ2n) is 9.00. The molecular weight excluding hydrogens is 448 g/mol. The molecule has 184 valence electrons. The lowest BCUT2D eigenvalue weighted by molar-refractivity contribution is -0.142. The van der Waals surface area contributed by atoms with Crippen molar-refractivity contribution in [3.8, 4) is 11.1 Å². The van der Waals surface area contributed by atoms with Gasteiger partial charge >= 0.3 is 12.1 Å². The summed E-state index contributed by atoms with van der Waals surface area (Å²) in [6.07, 6.45) is 1.71. The number of hydrogen-bond acceptors (Lipinski definition) is 5. The molecule has 2 aromatic carbocycles. The number of carboxylic acids is 1. The third-order valence-electron chi connectivity index (χ3n) is 6.70. The summed E-state index contributed by atoms with van der Waals surface area (Å²) in [6.45, 7) is 4.46. The average molecular weight is 479 g/mol. The fourth-order valence-electron chi connectivity index (χ4n) is 4.90. The van der Waals surface area contributed by atoms with E-state index in [9.17, 15) is 19.5 Å². The number of aliphatic carboxylic acids is 1. The summed E-state index contributed by atoms with van der Waals surface area (Å²) < 4.78 is 11.1. The van der Waals surface area contributed by atoms with Crippen molar-refractivity contribution in [2.24, 2.45) is 0 Å². The van der Waals surface area contributed by atoms with Crippen LogP contribution in [0.5, 0.6) is 0 Å². The van der Waals surface area contributed by atoms with E-state index in [2.05, 4.69) is 29.3 Å². The number of carbonyl (C=O) groups excluding carboxylic acids is 2. The van der Waals surface area contributed by atoms with Crippen LogP contribution in [-0.4, -0.2) is 54.5 Å². The maximum atomic E-state index is 12.9. The Labute approximate surface area is 204 Å². The highest BCUT2D eigenvalue weighted by atomic mass is 16.5. The van der Waals surface area contributed by atoms with Gasteiger partial charge in [-0.25, -0.2) is 9.59 Å². The molecule has 0 aromatic heterocycles. The first-order chi connectivity index (χ1) is 16.9. The van der Waals surface area contributed by atoms with Gasteiger partial charge in [-0.15, -0.1) is 6.58 Å². The maximum Gasteiger partial charge on any atom is 0.407 e. The molecule has 0 saturated carbocycles. The van der Waals surface area contributed by atoms with Crippen molar-refractivity contribution in [3.05, 3.63) is 72.3 Å². The van der Waals surface area contributed by atoms with E-state index in [1.807, 2.05) is 36.4 Å². The first-order valence-corrected chi connectivity index (χ1v) is 11.8. The zero-order valence-corrected chi connectivity index (χ0v) is 19.5. The van der Waals surface area contributed by atoms with Crippen LogP contribution in [0.25, 0.3) is 11.1 Å².